The summed E-state index contributed by atoms with van der Waals surface area (Å²) in [6.07, 6.45) is 4.61. The Kier molecular flexibility index (Phi) is 5.03. The van der Waals surface area contributed by atoms with Gasteiger partial charge in [0.15, 0.2) is 9.84 Å². The number of nitrogens with zero attached hydrogens (tertiary/aromatic N) is 1. The van der Waals surface area contributed by atoms with Crippen molar-refractivity contribution >= 4 is 27.1 Å². The largest absolute Gasteiger partial charge is 0.380 e. The zero-order chi connectivity index (χ0) is 17.9. The summed E-state index contributed by atoms with van der Waals surface area (Å²) in [5.74, 6) is 0.0682. The second-order valence-electron chi connectivity index (χ2n) is 6.21. The molecule has 25 heavy (non-hydrogen) atoms. The van der Waals surface area contributed by atoms with Gasteiger partial charge in [0.2, 0.25) is 0 Å². The maximum absolute atomic E-state index is 12.4. The molecule has 1 fully saturated rings. The molecule has 1 unspecified atom stereocenters. The van der Waals surface area contributed by atoms with Crippen LogP contribution >= 0.6 is 0 Å². The van der Waals surface area contributed by atoms with E-state index in [1.165, 1.54) is 11.8 Å². The van der Waals surface area contributed by atoms with Crippen molar-refractivity contribution in [2.75, 3.05) is 22.1 Å². The number of aryl methyl sites for hydroxylation is 1. The number of carbonyl (C=O) groups is 1. The Balaban J connectivity index is 1.66. The van der Waals surface area contributed by atoms with Crippen LogP contribution in [0.15, 0.2) is 42.7 Å². The van der Waals surface area contributed by atoms with E-state index in [1.807, 2.05) is 24.3 Å². The van der Waals surface area contributed by atoms with Gasteiger partial charge in [0.05, 0.1) is 22.8 Å². The van der Waals surface area contributed by atoms with Crippen LogP contribution in [-0.4, -0.2) is 36.9 Å². The number of carbonyl (C=O) groups excluding carboxylic acids is 1. The molecule has 1 atom stereocenters. The molecule has 1 amide bonds. The van der Waals surface area contributed by atoms with Crippen molar-refractivity contribution in [1.29, 1.82) is 0 Å². The highest BCUT2D eigenvalue weighted by Gasteiger charge is 2.27. The first-order valence-electron chi connectivity index (χ1n) is 8.27. The Hall–Kier alpha value is -2.41. The highest BCUT2D eigenvalue weighted by Crippen LogP contribution is 2.18. The number of amides is 1. The lowest BCUT2D eigenvalue weighted by atomic mass is 10.1. The van der Waals surface area contributed by atoms with Crippen LogP contribution in [0.2, 0.25) is 0 Å². The number of benzene rings is 1. The molecule has 1 aromatic carbocycles. The third-order valence-corrected chi connectivity index (χ3v) is 5.99. The van der Waals surface area contributed by atoms with Crippen molar-refractivity contribution in [3.63, 3.8) is 0 Å². The summed E-state index contributed by atoms with van der Waals surface area (Å²) in [7, 11) is -2.95. The molecule has 0 aliphatic carbocycles. The van der Waals surface area contributed by atoms with Crippen LogP contribution < -0.4 is 10.6 Å². The van der Waals surface area contributed by atoms with Crippen LogP contribution in [-0.2, 0) is 16.3 Å². The number of hydrogen-bond acceptors (Lipinski definition) is 5. The molecule has 1 aromatic heterocycles. The monoisotopic (exact) mass is 359 g/mol. The van der Waals surface area contributed by atoms with E-state index in [2.05, 4.69) is 22.5 Å². The van der Waals surface area contributed by atoms with Gasteiger partial charge in [0.25, 0.3) is 5.91 Å². The molecular formula is C18H21N3O3S. The third kappa shape index (κ3) is 4.57. The number of hydrogen-bond donors (Lipinski definition) is 2. The Morgan fingerprint density at radius 1 is 1.20 bits per heavy atom. The molecule has 2 N–H and O–H groups in total. The summed E-state index contributed by atoms with van der Waals surface area (Å²) < 4.78 is 23.1. The minimum Gasteiger partial charge on any atom is -0.380 e. The standard InChI is InChI=1S/C18H21N3O3S/c1-2-13-3-5-15(6-4-13)21-18(22)14-9-17(11-19-10-14)20-16-7-8-25(23,24)12-16/h3-6,9-11,16,20H,2,7-8,12H2,1H3,(H,21,22). The van der Waals surface area contributed by atoms with E-state index in [4.69, 9.17) is 0 Å². The topological polar surface area (TPSA) is 88.2 Å². The SMILES string of the molecule is CCc1ccc(NC(=O)c2cncc(NC3CCS(=O)(=O)C3)c2)cc1. The number of sulfone groups is 1. The van der Waals surface area contributed by atoms with Crippen LogP contribution in [0.5, 0.6) is 0 Å². The lowest BCUT2D eigenvalue weighted by molar-refractivity contribution is 0.102. The molecule has 1 aliphatic heterocycles. The predicted octanol–water partition coefficient (Wildman–Crippen LogP) is 2.50. The normalized spacial score (nSPS) is 18.7. The molecule has 0 saturated carbocycles. The molecule has 0 bridgehead atoms. The summed E-state index contributed by atoms with van der Waals surface area (Å²) in [4.78, 5) is 16.5. The van der Waals surface area contributed by atoms with E-state index in [0.29, 0.717) is 17.7 Å². The van der Waals surface area contributed by atoms with Gasteiger partial charge in [-0.3, -0.25) is 9.78 Å². The fourth-order valence-corrected chi connectivity index (χ4v) is 4.49. The molecule has 1 aliphatic rings. The number of nitrogens with one attached hydrogen (secondary N) is 2. The Morgan fingerprint density at radius 3 is 2.60 bits per heavy atom. The maximum Gasteiger partial charge on any atom is 0.257 e. The van der Waals surface area contributed by atoms with Gasteiger partial charge in [-0.1, -0.05) is 19.1 Å². The van der Waals surface area contributed by atoms with Gasteiger partial charge in [0.1, 0.15) is 0 Å². The van der Waals surface area contributed by atoms with Crippen molar-refractivity contribution in [3.8, 4) is 0 Å². The molecule has 0 spiro atoms. The second kappa shape index (κ2) is 7.23. The van der Waals surface area contributed by atoms with E-state index >= 15 is 0 Å². The fourth-order valence-electron chi connectivity index (χ4n) is 2.81. The molecule has 2 heterocycles. The zero-order valence-corrected chi connectivity index (χ0v) is 14.8. The van der Waals surface area contributed by atoms with E-state index in [1.54, 1.807) is 12.3 Å². The van der Waals surface area contributed by atoms with Gasteiger partial charge in [-0.05, 0) is 36.6 Å². The average Bonchev–Trinajstić information content (AvgIpc) is 2.94. The minimum atomic E-state index is -2.95. The first-order chi connectivity index (χ1) is 11.9. The van der Waals surface area contributed by atoms with Crippen LogP contribution in [0.3, 0.4) is 0 Å². The first kappa shape index (κ1) is 17.4. The van der Waals surface area contributed by atoms with Gasteiger partial charge in [-0.25, -0.2) is 8.42 Å². The Morgan fingerprint density at radius 2 is 1.96 bits per heavy atom. The lowest BCUT2D eigenvalue weighted by Gasteiger charge is -2.13. The zero-order valence-electron chi connectivity index (χ0n) is 14.0. The molecule has 1 saturated heterocycles. The second-order valence-corrected chi connectivity index (χ2v) is 8.44. The number of pyridine rings is 1. The minimum absolute atomic E-state index is 0.118. The first-order valence-corrected chi connectivity index (χ1v) is 10.1. The van der Waals surface area contributed by atoms with Crippen molar-refractivity contribution in [2.45, 2.75) is 25.8 Å². The predicted molar refractivity (Wildman–Crippen MR) is 98.7 cm³/mol. The quantitative estimate of drug-likeness (QED) is 0.856. The number of anilines is 2. The van der Waals surface area contributed by atoms with Crippen molar-refractivity contribution < 1.29 is 13.2 Å². The summed E-state index contributed by atoms with van der Waals surface area (Å²) in [5, 5.41) is 5.99. The summed E-state index contributed by atoms with van der Waals surface area (Å²) >= 11 is 0. The van der Waals surface area contributed by atoms with Crippen molar-refractivity contribution in [3.05, 3.63) is 53.9 Å². The van der Waals surface area contributed by atoms with Crippen LogP contribution in [0, 0.1) is 0 Å². The Bertz CT molecular complexity index is 863. The van der Waals surface area contributed by atoms with E-state index in [0.717, 1.165) is 12.1 Å². The third-order valence-electron chi connectivity index (χ3n) is 4.22. The van der Waals surface area contributed by atoms with Crippen LogP contribution in [0.4, 0.5) is 11.4 Å². The van der Waals surface area contributed by atoms with Crippen LogP contribution in [0.25, 0.3) is 0 Å². The van der Waals surface area contributed by atoms with Crippen LogP contribution in [0.1, 0.15) is 29.3 Å². The van der Waals surface area contributed by atoms with Gasteiger partial charge in [0, 0.05) is 24.1 Å². The summed E-state index contributed by atoms with van der Waals surface area (Å²) in [6, 6.07) is 9.25. The summed E-state index contributed by atoms with van der Waals surface area (Å²) in [5.41, 5.74) is 3.00. The van der Waals surface area contributed by atoms with Gasteiger partial charge in [-0.2, -0.15) is 0 Å². The van der Waals surface area contributed by atoms with Gasteiger partial charge >= 0.3 is 0 Å². The fraction of sp³-hybridized carbons (Fsp3) is 0.333. The molecule has 0 radical (unpaired) electrons. The number of rotatable bonds is 5. The average molecular weight is 359 g/mol. The molecule has 3 rings (SSSR count). The lowest BCUT2D eigenvalue weighted by Crippen LogP contribution is -2.21. The van der Waals surface area contributed by atoms with E-state index < -0.39 is 9.84 Å². The number of aromatic nitrogens is 1. The molecule has 2 aromatic rings. The Labute approximate surface area is 147 Å². The molecule has 7 heteroatoms. The van der Waals surface area contributed by atoms with Crippen molar-refractivity contribution in [2.24, 2.45) is 0 Å². The molecular weight excluding hydrogens is 338 g/mol. The van der Waals surface area contributed by atoms with Gasteiger partial charge in [-0.15, -0.1) is 0 Å². The highest BCUT2D eigenvalue weighted by atomic mass is 32.2. The molecule has 6 nitrogen and oxygen atoms in total. The van der Waals surface area contributed by atoms with E-state index in [-0.39, 0.29) is 23.5 Å². The smallest absolute Gasteiger partial charge is 0.257 e. The van der Waals surface area contributed by atoms with Crippen molar-refractivity contribution in [1.82, 2.24) is 4.98 Å². The summed E-state index contributed by atoms with van der Waals surface area (Å²) in [6.45, 7) is 2.08. The van der Waals surface area contributed by atoms with Gasteiger partial charge < -0.3 is 10.6 Å². The molecule has 132 valence electrons. The maximum atomic E-state index is 12.4. The highest BCUT2D eigenvalue weighted by molar-refractivity contribution is 7.91. The van der Waals surface area contributed by atoms with E-state index in [9.17, 15) is 13.2 Å².